The molecular weight excluding hydrogens is 272 g/mol. The molecule has 4 heteroatoms. The lowest BCUT2D eigenvalue weighted by atomic mass is 9.99. The predicted molar refractivity (Wildman–Crippen MR) is 82.8 cm³/mol. The van der Waals surface area contributed by atoms with Gasteiger partial charge in [0.05, 0.1) is 12.6 Å². The first-order valence-electron chi connectivity index (χ1n) is 7.32. The van der Waals surface area contributed by atoms with Gasteiger partial charge >= 0.3 is 0 Å². The number of nitrogens with zero attached hydrogens (tertiary/aromatic N) is 1. The highest BCUT2D eigenvalue weighted by atomic mass is 35.5. The lowest BCUT2D eigenvalue weighted by Gasteiger charge is -2.30. The van der Waals surface area contributed by atoms with Crippen LogP contribution >= 0.6 is 11.6 Å². The number of hydrogen-bond acceptors (Lipinski definition) is 2. The van der Waals surface area contributed by atoms with Crippen molar-refractivity contribution in [3.05, 3.63) is 34.9 Å². The van der Waals surface area contributed by atoms with Gasteiger partial charge in [0.15, 0.2) is 0 Å². The van der Waals surface area contributed by atoms with Crippen LogP contribution in [0.4, 0.5) is 0 Å². The minimum absolute atomic E-state index is 0.00934. The molecule has 20 heavy (non-hydrogen) atoms. The van der Waals surface area contributed by atoms with Gasteiger partial charge in [0.25, 0.3) is 0 Å². The molecule has 0 saturated carbocycles. The Morgan fingerprint density at radius 2 is 2.15 bits per heavy atom. The molecule has 1 atom stereocenters. The van der Waals surface area contributed by atoms with Crippen molar-refractivity contribution in [2.75, 3.05) is 19.6 Å². The Labute approximate surface area is 126 Å². The third-order valence-electron chi connectivity index (χ3n) is 3.97. The van der Waals surface area contributed by atoms with E-state index in [4.69, 9.17) is 11.6 Å². The molecule has 1 unspecified atom stereocenters. The van der Waals surface area contributed by atoms with Crippen LogP contribution in [0.15, 0.2) is 24.3 Å². The zero-order chi connectivity index (χ0) is 14.5. The molecule has 1 saturated heterocycles. The molecule has 3 nitrogen and oxygen atoms in total. The topological polar surface area (TPSA) is 32.3 Å². The van der Waals surface area contributed by atoms with E-state index in [0.29, 0.717) is 11.6 Å². The van der Waals surface area contributed by atoms with E-state index >= 15 is 0 Å². The van der Waals surface area contributed by atoms with Crippen molar-refractivity contribution in [3.8, 4) is 0 Å². The van der Waals surface area contributed by atoms with Crippen molar-refractivity contribution in [3.63, 3.8) is 0 Å². The van der Waals surface area contributed by atoms with Crippen molar-refractivity contribution in [1.29, 1.82) is 0 Å². The first-order valence-corrected chi connectivity index (χ1v) is 7.69. The monoisotopic (exact) mass is 294 g/mol. The van der Waals surface area contributed by atoms with Gasteiger partial charge < -0.3 is 5.32 Å². The molecule has 1 aromatic rings. The molecule has 0 bridgehead atoms. The molecule has 1 aromatic carbocycles. The molecule has 0 aliphatic carbocycles. The van der Waals surface area contributed by atoms with Crippen LogP contribution in [0, 0.1) is 5.92 Å². The van der Waals surface area contributed by atoms with Crippen molar-refractivity contribution in [2.45, 2.75) is 32.7 Å². The maximum atomic E-state index is 12.1. The Morgan fingerprint density at radius 1 is 1.45 bits per heavy atom. The first-order chi connectivity index (χ1) is 9.54. The molecule has 1 heterocycles. The summed E-state index contributed by atoms with van der Waals surface area (Å²) < 4.78 is 0. The van der Waals surface area contributed by atoms with Crippen molar-refractivity contribution >= 4 is 17.5 Å². The number of carbonyl (C=O) groups is 1. The summed E-state index contributed by atoms with van der Waals surface area (Å²) in [5, 5.41) is 3.75. The number of nitrogens with one attached hydrogen (secondary N) is 1. The normalized spacial score (nSPS) is 18.8. The van der Waals surface area contributed by atoms with Gasteiger partial charge in [-0.3, -0.25) is 9.69 Å². The van der Waals surface area contributed by atoms with Crippen LogP contribution in [-0.4, -0.2) is 30.4 Å². The summed E-state index contributed by atoms with van der Waals surface area (Å²) in [7, 11) is 0. The summed E-state index contributed by atoms with van der Waals surface area (Å²) in [6.07, 6.45) is 2.38. The highest BCUT2D eigenvalue weighted by Gasteiger charge is 2.18. The van der Waals surface area contributed by atoms with Crippen LogP contribution in [-0.2, 0) is 4.79 Å². The number of benzene rings is 1. The Bertz CT molecular complexity index is 456. The zero-order valence-electron chi connectivity index (χ0n) is 12.2. The number of piperidine rings is 1. The summed E-state index contributed by atoms with van der Waals surface area (Å²) in [5.74, 6) is 0.881. The zero-order valence-corrected chi connectivity index (χ0v) is 13.0. The van der Waals surface area contributed by atoms with Crippen molar-refractivity contribution < 1.29 is 4.79 Å². The second-order valence-electron chi connectivity index (χ2n) is 5.80. The van der Waals surface area contributed by atoms with E-state index in [-0.39, 0.29) is 11.9 Å². The second-order valence-corrected chi connectivity index (χ2v) is 6.24. The Hall–Kier alpha value is -1.06. The van der Waals surface area contributed by atoms with E-state index in [9.17, 15) is 4.79 Å². The lowest BCUT2D eigenvalue weighted by molar-refractivity contribution is -0.123. The van der Waals surface area contributed by atoms with E-state index in [2.05, 4.69) is 17.1 Å². The van der Waals surface area contributed by atoms with Crippen LogP contribution in [0.5, 0.6) is 0 Å². The van der Waals surface area contributed by atoms with Gasteiger partial charge in [-0.2, -0.15) is 0 Å². The van der Waals surface area contributed by atoms with Crippen molar-refractivity contribution in [2.24, 2.45) is 5.92 Å². The Balaban J connectivity index is 1.82. The number of halogens is 1. The Morgan fingerprint density at radius 3 is 2.80 bits per heavy atom. The van der Waals surface area contributed by atoms with Gasteiger partial charge in [0.2, 0.25) is 5.91 Å². The molecule has 1 aliphatic heterocycles. The van der Waals surface area contributed by atoms with E-state index in [1.807, 2.05) is 31.2 Å². The molecule has 1 amide bonds. The van der Waals surface area contributed by atoms with Crippen LogP contribution in [0.1, 0.15) is 38.3 Å². The summed E-state index contributed by atoms with van der Waals surface area (Å²) >= 11 is 5.97. The first kappa shape index (κ1) is 15.3. The summed E-state index contributed by atoms with van der Waals surface area (Å²) in [4.78, 5) is 14.3. The van der Waals surface area contributed by atoms with E-state index < -0.39 is 0 Å². The average molecular weight is 295 g/mol. The van der Waals surface area contributed by atoms with Gasteiger partial charge in [-0.15, -0.1) is 0 Å². The molecule has 1 N–H and O–H groups in total. The lowest BCUT2D eigenvalue weighted by Crippen LogP contribution is -2.41. The summed E-state index contributed by atoms with van der Waals surface area (Å²) in [6, 6.07) is 7.62. The average Bonchev–Trinajstić information content (AvgIpc) is 2.41. The number of likely N-dealkylation sites (tertiary alicyclic amines) is 1. The predicted octanol–water partition coefficient (Wildman–Crippen LogP) is 3.25. The van der Waals surface area contributed by atoms with E-state index in [1.54, 1.807) is 0 Å². The molecule has 1 aliphatic rings. The third-order valence-corrected chi connectivity index (χ3v) is 4.20. The quantitative estimate of drug-likeness (QED) is 0.924. The molecule has 2 rings (SSSR count). The minimum atomic E-state index is -0.00934. The van der Waals surface area contributed by atoms with Gasteiger partial charge in [0.1, 0.15) is 0 Å². The maximum absolute atomic E-state index is 12.1. The number of rotatable bonds is 4. The highest BCUT2D eigenvalue weighted by Crippen LogP contribution is 2.18. The number of hydrogen-bond donors (Lipinski definition) is 1. The molecule has 0 aromatic heterocycles. The van der Waals surface area contributed by atoms with Crippen LogP contribution in [0.3, 0.4) is 0 Å². The van der Waals surface area contributed by atoms with Gasteiger partial charge in [-0.1, -0.05) is 30.7 Å². The Kier molecular flexibility index (Phi) is 5.44. The van der Waals surface area contributed by atoms with Crippen LogP contribution in [0.2, 0.25) is 5.02 Å². The highest BCUT2D eigenvalue weighted by molar-refractivity contribution is 6.30. The molecular formula is C16H23ClN2O. The standard InChI is InChI=1S/C16H23ClN2O/c1-12-6-8-19(9-7-12)11-16(20)18-13(2)14-4-3-5-15(17)10-14/h3-5,10,12-13H,6-9,11H2,1-2H3,(H,18,20). The largest absolute Gasteiger partial charge is 0.348 e. The fourth-order valence-corrected chi connectivity index (χ4v) is 2.77. The fraction of sp³-hybridized carbons (Fsp3) is 0.562. The van der Waals surface area contributed by atoms with Crippen LogP contribution < -0.4 is 5.32 Å². The summed E-state index contributed by atoms with van der Waals surface area (Å²) in [6.45, 7) is 6.82. The second kappa shape index (κ2) is 7.09. The smallest absolute Gasteiger partial charge is 0.234 e. The fourth-order valence-electron chi connectivity index (χ4n) is 2.57. The number of carbonyl (C=O) groups excluding carboxylic acids is 1. The van der Waals surface area contributed by atoms with E-state index in [0.717, 1.165) is 24.6 Å². The molecule has 1 fully saturated rings. The minimum Gasteiger partial charge on any atom is -0.348 e. The number of amides is 1. The van der Waals surface area contributed by atoms with Gasteiger partial charge in [0, 0.05) is 5.02 Å². The van der Waals surface area contributed by atoms with Gasteiger partial charge in [-0.05, 0) is 56.5 Å². The van der Waals surface area contributed by atoms with E-state index in [1.165, 1.54) is 12.8 Å². The molecule has 110 valence electrons. The SMILES string of the molecule is CC1CCN(CC(=O)NC(C)c2cccc(Cl)c2)CC1. The van der Waals surface area contributed by atoms with Gasteiger partial charge in [-0.25, -0.2) is 0 Å². The van der Waals surface area contributed by atoms with Crippen molar-refractivity contribution in [1.82, 2.24) is 10.2 Å². The third kappa shape index (κ3) is 4.50. The molecule has 0 radical (unpaired) electrons. The maximum Gasteiger partial charge on any atom is 0.234 e. The van der Waals surface area contributed by atoms with Crippen LogP contribution in [0.25, 0.3) is 0 Å². The molecule has 0 spiro atoms. The summed E-state index contributed by atoms with van der Waals surface area (Å²) in [5.41, 5.74) is 1.04.